The van der Waals surface area contributed by atoms with Crippen LogP contribution < -0.4 is 0 Å². The van der Waals surface area contributed by atoms with E-state index in [4.69, 9.17) is 9.47 Å². The van der Waals surface area contributed by atoms with Gasteiger partial charge in [0.05, 0.1) is 26.2 Å². The molecule has 0 radical (unpaired) electrons. The fraction of sp³-hybridized carbons (Fsp3) is 0.882. The molecule has 0 N–H and O–H groups in total. The molecular weight excluding hydrogens is 282 g/mol. The van der Waals surface area contributed by atoms with Crippen molar-refractivity contribution in [1.82, 2.24) is 4.90 Å². The highest BCUT2D eigenvalue weighted by Gasteiger charge is 2.66. The van der Waals surface area contributed by atoms with Gasteiger partial charge in [0, 0.05) is 11.5 Å². The number of likely N-dealkylation sites (tertiary alicyclic amines) is 1. The highest BCUT2D eigenvalue weighted by Crippen LogP contribution is 2.59. The fourth-order valence-corrected chi connectivity index (χ4v) is 3.95. The largest absolute Gasteiger partial charge is 0.469 e. The lowest BCUT2D eigenvalue weighted by molar-refractivity contribution is -0.157. The van der Waals surface area contributed by atoms with Gasteiger partial charge in [0.15, 0.2) is 0 Å². The van der Waals surface area contributed by atoms with Gasteiger partial charge in [0.2, 0.25) is 0 Å². The number of carbonyl (C=O) groups is 2. The van der Waals surface area contributed by atoms with Gasteiger partial charge in [0.1, 0.15) is 0 Å². The Morgan fingerprint density at radius 2 is 1.68 bits per heavy atom. The number of amides is 1. The van der Waals surface area contributed by atoms with E-state index in [2.05, 4.69) is 6.92 Å². The van der Waals surface area contributed by atoms with Crippen LogP contribution in [0.5, 0.6) is 0 Å². The van der Waals surface area contributed by atoms with Crippen molar-refractivity contribution in [3.05, 3.63) is 0 Å². The van der Waals surface area contributed by atoms with Crippen molar-refractivity contribution in [2.45, 2.75) is 72.9 Å². The molecule has 2 aliphatic rings. The van der Waals surface area contributed by atoms with Crippen LogP contribution in [0.25, 0.3) is 0 Å². The molecule has 3 unspecified atom stereocenters. The molecule has 1 amide bonds. The van der Waals surface area contributed by atoms with E-state index in [1.165, 1.54) is 14.2 Å². The molecule has 0 aromatic carbocycles. The van der Waals surface area contributed by atoms with Crippen molar-refractivity contribution in [2.75, 3.05) is 14.2 Å². The van der Waals surface area contributed by atoms with Gasteiger partial charge in [-0.2, -0.15) is 0 Å². The normalized spacial score (nSPS) is 31.5. The summed E-state index contributed by atoms with van der Waals surface area (Å²) < 4.78 is 9.67. The van der Waals surface area contributed by atoms with E-state index in [0.717, 1.165) is 19.3 Å². The lowest BCUT2D eigenvalue weighted by Gasteiger charge is -2.60. The number of carbonyl (C=O) groups excluding carboxylic acids is 2. The Morgan fingerprint density at radius 3 is 2.09 bits per heavy atom. The summed E-state index contributed by atoms with van der Waals surface area (Å²) in [5.41, 5.74) is 0.0625. The lowest BCUT2D eigenvalue weighted by Crippen LogP contribution is -2.71. The SMILES string of the molecule is CC.CC.CCC12CC[C@@H](C(=O)OC)C1N(C(=O)OC)C2C. The van der Waals surface area contributed by atoms with Crippen molar-refractivity contribution < 1.29 is 19.1 Å². The molecule has 130 valence electrons. The molecule has 0 spiro atoms. The molecule has 0 bridgehead atoms. The smallest absolute Gasteiger partial charge is 0.410 e. The molecule has 5 heteroatoms. The summed E-state index contributed by atoms with van der Waals surface area (Å²) in [5.74, 6) is -0.415. The summed E-state index contributed by atoms with van der Waals surface area (Å²) >= 11 is 0. The maximum atomic E-state index is 11.8. The van der Waals surface area contributed by atoms with Crippen LogP contribution in [0.3, 0.4) is 0 Å². The Labute approximate surface area is 135 Å². The molecule has 1 heterocycles. The maximum absolute atomic E-state index is 11.8. The van der Waals surface area contributed by atoms with E-state index >= 15 is 0 Å². The Hall–Kier alpha value is -1.26. The minimum absolute atomic E-state index is 0.0580. The van der Waals surface area contributed by atoms with Crippen molar-refractivity contribution in [2.24, 2.45) is 11.3 Å². The second-order valence-corrected chi connectivity index (χ2v) is 5.25. The van der Waals surface area contributed by atoms with Gasteiger partial charge >= 0.3 is 12.1 Å². The Kier molecular flexibility index (Phi) is 8.49. The average molecular weight is 315 g/mol. The molecule has 1 saturated heterocycles. The van der Waals surface area contributed by atoms with Crippen LogP contribution in [-0.4, -0.2) is 43.3 Å². The Balaban J connectivity index is 0.00000102. The predicted octanol–water partition coefficient (Wildman–Crippen LogP) is 3.86. The van der Waals surface area contributed by atoms with Gasteiger partial charge in [0.25, 0.3) is 0 Å². The van der Waals surface area contributed by atoms with E-state index in [0.29, 0.717) is 0 Å². The van der Waals surface area contributed by atoms with Gasteiger partial charge in [-0.1, -0.05) is 34.6 Å². The molecule has 5 nitrogen and oxygen atoms in total. The van der Waals surface area contributed by atoms with E-state index < -0.39 is 0 Å². The quantitative estimate of drug-likeness (QED) is 0.726. The number of ether oxygens (including phenoxy) is 2. The lowest BCUT2D eigenvalue weighted by atomic mass is 9.64. The molecular formula is C17H33NO4. The van der Waals surface area contributed by atoms with Crippen LogP contribution in [0.1, 0.15) is 60.8 Å². The van der Waals surface area contributed by atoms with Gasteiger partial charge in [-0.05, 0) is 26.2 Å². The molecule has 4 atom stereocenters. The van der Waals surface area contributed by atoms with E-state index in [-0.39, 0.29) is 35.5 Å². The zero-order chi connectivity index (χ0) is 17.5. The summed E-state index contributed by atoms with van der Waals surface area (Å²) in [6.07, 6.45) is 2.40. The molecule has 1 aliphatic heterocycles. The van der Waals surface area contributed by atoms with Gasteiger partial charge in [-0.15, -0.1) is 0 Å². The highest BCUT2D eigenvalue weighted by atomic mass is 16.5. The van der Waals surface area contributed by atoms with Crippen LogP contribution in [0.4, 0.5) is 4.79 Å². The summed E-state index contributed by atoms with van der Waals surface area (Å²) in [7, 11) is 2.78. The molecule has 0 aromatic heterocycles. The van der Waals surface area contributed by atoms with E-state index in [9.17, 15) is 9.59 Å². The zero-order valence-electron chi connectivity index (χ0n) is 15.4. The Morgan fingerprint density at radius 1 is 1.14 bits per heavy atom. The number of methoxy groups -OCH3 is 2. The van der Waals surface area contributed by atoms with Crippen LogP contribution in [-0.2, 0) is 14.3 Å². The third-order valence-corrected chi connectivity index (χ3v) is 4.99. The van der Waals surface area contributed by atoms with Crippen molar-refractivity contribution in [3.8, 4) is 0 Å². The minimum Gasteiger partial charge on any atom is -0.469 e. The van der Waals surface area contributed by atoms with Crippen molar-refractivity contribution >= 4 is 12.1 Å². The van der Waals surface area contributed by atoms with E-state index in [1.807, 2.05) is 34.6 Å². The first kappa shape index (κ1) is 20.7. The molecule has 2 fully saturated rings. The monoisotopic (exact) mass is 315 g/mol. The van der Waals surface area contributed by atoms with E-state index in [1.54, 1.807) is 4.90 Å². The third-order valence-electron chi connectivity index (χ3n) is 4.99. The van der Waals surface area contributed by atoms with Gasteiger partial charge in [-0.25, -0.2) is 4.79 Å². The fourth-order valence-electron chi connectivity index (χ4n) is 3.95. The number of nitrogens with zero attached hydrogens (tertiary/aromatic N) is 1. The minimum atomic E-state index is -0.340. The van der Waals surface area contributed by atoms with Crippen LogP contribution >= 0.6 is 0 Å². The van der Waals surface area contributed by atoms with Crippen LogP contribution in [0.15, 0.2) is 0 Å². The van der Waals surface area contributed by atoms with Gasteiger partial charge in [-0.3, -0.25) is 4.79 Å². The van der Waals surface area contributed by atoms with Crippen molar-refractivity contribution in [3.63, 3.8) is 0 Å². The van der Waals surface area contributed by atoms with Crippen LogP contribution in [0, 0.1) is 11.3 Å². The number of fused-ring (bicyclic) bond motifs is 1. The summed E-state index contributed by atoms with van der Waals surface area (Å²) in [6.45, 7) is 12.2. The molecule has 0 aromatic rings. The molecule has 22 heavy (non-hydrogen) atoms. The third kappa shape index (κ3) is 3.08. The highest BCUT2D eigenvalue weighted by molar-refractivity contribution is 5.77. The maximum Gasteiger partial charge on any atom is 0.410 e. The van der Waals surface area contributed by atoms with Gasteiger partial charge < -0.3 is 14.4 Å². The first-order valence-corrected chi connectivity index (χ1v) is 8.47. The summed E-state index contributed by atoms with van der Waals surface area (Å²) in [4.78, 5) is 25.3. The molecule has 2 rings (SSSR count). The Bertz CT molecular complexity index is 372. The number of hydrogen-bond acceptors (Lipinski definition) is 4. The predicted molar refractivity (Wildman–Crippen MR) is 87.7 cm³/mol. The standard InChI is InChI=1S/C13H21NO4.2C2H6/c1-5-13-7-6-9(11(15)17-3)10(13)14(8(13)2)12(16)18-4;2*1-2/h8-10H,5-7H2,1-4H3;2*1-2H3/t8?,9-,10?,13?;;/m1../s1. The second-order valence-electron chi connectivity index (χ2n) is 5.25. The second kappa shape index (κ2) is 9.01. The topological polar surface area (TPSA) is 55.8 Å². The number of esters is 1. The van der Waals surface area contributed by atoms with Crippen LogP contribution in [0.2, 0.25) is 0 Å². The first-order valence-electron chi connectivity index (χ1n) is 8.47. The zero-order valence-corrected chi connectivity index (χ0v) is 15.4. The molecule has 1 aliphatic carbocycles. The summed E-state index contributed by atoms with van der Waals surface area (Å²) in [5, 5.41) is 0. The number of rotatable bonds is 2. The summed E-state index contributed by atoms with van der Waals surface area (Å²) in [6, 6.07) is 0.0759. The average Bonchev–Trinajstić information content (AvgIpc) is 2.92. The van der Waals surface area contributed by atoms with Crippen molar-refractivity contribution in [1.29, 1.82) is 0 Å². The number of hydrogen-bond donors (Lipinski definition) is 0. The molecule has 1 saturated carbocycles. The first-order chi connectivity index (χ1) is 10.5.